The predicted octanol–water partition coefficient (Wildman–Crippen LogP) is 9.12. The van der Waals surface area contributed by atoms with Gasteiger partial charge in [-0.1, -0.05) is 127 Å². The highest BCUT2D eigenvalue weighted by Crippen LogP contribution is 2.40. The molecule has 0 fully saturated rings. The number of rotatable bonds is 5. The number of allylic oxidation sites excluding steroid dienone is 8. The molecule has 0 radical (unpaired) electrons. The topological polar surface area (TPSA) is 62.5 Å². The first-order chi connectivity index (χ1) is 20.8. The van der Waals surface area contributed by atoms with Crippen LogP contribution in [-0.4, -0.2) is 15.0 Å². The van der Waals surface area contributed by atoms with Gasteiger partial charge in [-0.25, -0.2) is 15.0 Å². The van der Waals surface area contributed by atoms with Crippen LogP contribution in [0, 0.1) is 11.3 Å². The van der Waals surface area contributed by atoms with Gasteiger partial charge in [0.05, 0.1) is 6.07 Å². The summed E-state index contributed by atoms with van der Waals surface area (Å²) in [5.74, 6) is 2.40. The SMILES string of the molecule is N#CC1=CC=CC(c2ccc3ccccc3c2-c2ccc(-c3nc(-c4ccccc4)nc(C4C=CC=CC4)n3)cc2)C1. The van der Waals surface area contributed by atoms with Crippen molar-refractivity contribution in [3.8, 4) is 40.0 Å². The second kappa shape index (κ2) is 11.2. The molecule has 2 atom stereocenters. The summed E-state index contributed by atoms with van der Waals surface area (Å²) in [5, 5.41) is 12.0. The third-order valence-corrected chi connectivity index (χ3v) is 8.01. The first-order valence-electron chi connectivity index (χ1n) is 14.3. The lowest BCUT2D eigenvalue weighted by atomic mass is 9.82. The molecule has 7 rings (SSSR count). The lowest BCUT2D eigenvalue weighted by molar-refractivity contribution is 0.764. The van der Waals surface area contributed by atoms with Gasteiger partial charge in [-0.15, -0.1) is 0 Å². The Balaban J connectivity index is 1.32. The van der Waals surface area contributed by atoms with Crippen LogP contribution in [0.25, 0.3) is 44.7 Å². The van der Waals surface area contributed by atoms with E-state index in [4.69, 9.17) is 15.0 Å². The number of benzene rings is 4. The number of nitriles is 1. The van der Waals surface area contributed by atoms with Crippen LogP contribution in [0.15, 0.2) is 139 Å². The summed E-state index contributed by atoms with van der Waals surface area (Å²) in [6, 6.07) is 33.9. The van der Waals surface area contributed by atoms with Crippen LogP contribution < -0.4 is 0 Å². The molecular weight excluding hydrogens is 512 g/mol. The van der Waals surface area contributed by atoms with Crippen molar-refractivity contribution in [3.05, 3.63) is 150 Å². The smallest absolute Gasteiger partial charge is 0.163 e. The lowest BCUT2D eigenvalue weighted by Crippen LogP contribution is -2.07. The highest BCUT2D eigenvalue weighted by atomic mass is 15.0. The minimum Gasteiger partial charge on any atom is -0.212 e. The highest BCUT2D eigenvalue weighted by molar-refractivity contribution is 5.99. The predicted molar refractivity (Wildman–Crippen MR) is 169 cm³/mol. The van der Waals surface area contributed by atoms with E-state index in [1.165, 1.54) is 21.9 Å². The molecule has 1 heterocycles. The number of nitrogens with zero attached hydrogens (tertiary/aromatic N) is 4. The van der Waals surface area contributed by atoms with E-state index < -0.39 is 0 Å². The van der Waals surface area contributed by atoms with Crippen molar-refractivity contribution in [2.45, 2.75) is 24.7 Å². The van der Waals surface area contributed by atoms with E-state index in [-0.39, 0.29) is 11.8 Å². The van der Waals surface area contributed by atoms with Crippen LogP contribution in [0.2, 0.25) is 0 Å². The van der Waals surface area contributed by atoms with Gasteiger partial charge in [-0.05, 0) is 46.4 Å². The maximum absolute atomic E-state index is 9.57. The van der Waals surface area contributed by atoms with Crippen molar-refractivity contribution in [3.63, 3.8) is 0 Å². The molecule has 2 unspecified atom stereocenters. The van der Waals surface area contributed by atoms with E-state index in [1.807, 2.05) is 42.5 Å². The van der Waals surface area contributed by atoms with Crippen LogP contribution in [-0.2, 0) is 0 Å². The zero-order chi connectivity index (χ0) is 28.3. The second-order valence-corrected chi connectivity index (χ2v) is 10.7. The zero-order valence-electron chi connectivity index (χ0n) is 23.1. The third-order valence-electron chi connectivity index (χ3n) is 8.01. The Morgan fingerprint density at radius 3 is 2.12 bits per heavy atom. The van der Waals surface area contributed by atoms with Gasteiger partial charge < -0.3 is 0 Å². The number of hydrogen-bond acceptors (Lipinski definition) is 4. The molecule has 0 saturated heterocycles. The summed E-state index contributed by atoms with van der Waals surface area (Å²) in [6.07, 6.45) is 16.1. The minimum absolute atomic E-state index is 0.118. The molecule has 2 aliphatic rings. The minimum atomic E-state index is 0.118. The molecular formula is C38H28N4. The quantitative estimate of drug-likeness (QED) is 0.223. The molecule has 5 aromatic rings. The zero-order valence-corrected chi connectivity index (χ0v) is 23.1. The molecule has 42 heavy (non-hydrogen) atoms. The molecule has 0 amide bonds. The van der Waals surface area contributed by atoms with Gasteiger partial charge in [-0.2, -0.15) is 5.26 Å². The van der Waals surface area contributed by atoms with Crippen LogP contribution >= 0.6 is 0 Å². The average molecular weight is 541 g/mol. The summed E-state index contributed by atoms with van der Waals surface area (Å²) < 4.78 is 0. The molecule has 2 aliphatic carbocycles. The first-order valence-corrected chi connectivity index (χ1v) is 14.3. The standard InChI is InChI=1S/C38H28N4/c39-25-26-10-9-16-32(24-26)34-23-22-27-11-7-8-17-33(27)35(34)28-18-20-31(21-19-28)38-41-36(29-12-3-1-4-13-29)40-37(42-38)30-14-5-2-6-15-30/h1-14,16-23,30,32H,15,24H2. The van der Waals surface area contributed by atoms with Crippen molar-refractivity contribution in [2.24, 2.45) is 0 Å². The molecule has 4 aromatic carbocycles. The van der Waals surface area contributed by atoms with Crippen LogP contribution in [0.5, 0.6) is 0 Å². The Morgan fingerprint density at radius 1 is 0.643 bits per heavy atom. The Morgan fingerprint density at radius 2 is 1.36 bits per heavy atom. The Labute approximate surface area is 245 Å². The van der Waals surface area contributed by atoms with E-state index in [2.05, 4.69) is 97.1 Å². The summed E-state index contributed by atoms with van der Waals surface area (Å²) in [4.78, 5) is 14.8. The van der Waals surface area contributed by atoms with E-state index in [9.17, 15) is 5.26 Å². The second-order valence-electron chi connectivity index (χ2n) is 10.7. The fourth-order valence-electron chi connectivity index (χ4n) is 5.86. The average Bonchev–Trinajstić information content (AvgIpc) is 3.08. The molecule has 200 valence electrons. The van der Waals surface area contributed by atoms with Crippen molar-refractivity contribution in [1.82, 2.24) is 15.0 Å². The summed E-state index contributed by atoms with van der Waals surface area (Å²) in [7, 11) is 0. The van der Waals surface area contributed by atoms with Gasteiger partial charge >= 0.3 is 0 Å². The molecule has 0 saturated carbocycles. The van der Waals surface area contributed by atoms with E-state index in [1.54, 1.807) is 0 Å². The first kappa shape index (κ1) is 25.6. The van der Waals surface area contributed by atoms with Crippen LogP contribution in [0.4, 0.5) is 0 Å². The summed E-state index contributed by atoms with van der Waals surface area (Å²) >= 11 is 0. The molecule has 0 aliphatic heterocycles. The molecule has 4 nitrogen and oxygen atoms in total. The van der Waals surface area contributed by atoms with Crippen molar-refractivity contribution in [1.29, 1.82) is 5.26 Å². The molecule has 1 aromatic heterocycles. The van der Waals surface area contributed by atoms with Crippen molar-refractivity contribution < 1.29 is 0 Å². The van der Waals surface area contributed by atoms with Gasteiger partial charge in [-0.3, -0.25) is 0 Å². The van der Waals surface area contributed by atoms with Crippen molar-refractivity contribution >= 4 is 10.8 Å². The van der Waals surface area contributed by atoms with Gasteiger partial charge in [0.2, 0.25) is 0 Å². The number of aromatic nitrogens is 3. The van der Waals surface area contributed by atoms with Gasteiger partial charge in [0.1, 0.15) is 5.82 Å². The van der Waals surface area contributed by atoms with E-state index >= 15 is 0 Å². The molecule has 0 bridgehead atoms. The van der Waals surface area contributed by atoms with Gasteiger partial charge in [0.15, 0.2) is 11.6 Å². The maximum atomic E-state index is 9.57. The van der Waals surface area contributed by atoms with Crippen LogP contribution in [0.1, 0.15) is 36.1 Å². The lowest BCUT2D eigenvalue weighted by Gasteiger charge is -2.21. The van der Waals surface area contributed by atoms with Crippen molar-refractivity contribution in [2.75, 3.05) is 0 Å². The van der Waals surface area contributed by atoms with Crippen LogP contribution in [0.3, 0.4) is 0 Å². The van der Waals surface area contributed by atoms with E-state index in [0.29, 0.717) is 18.1 Å². The Hall–Kier alpha value is -5.40. The summed E-state index contributed by atoms with van der Waals surface area (Å²) in [5.41, 5.74) is 6.29. The molecule has 0 spiro atoms. The molecule has 0 N–H and O–H groups in total. The molecule has 4 heteroatoms. The van der Waals surface area contributed by atoms with E-state index in [0.717, 1.165) is 34.5 Å². The largest absolute Gasteiger partial charge is 0.212 e. The van der Waals surface area contributed by atoms with Gasteiger partial charge in [0.25, 0.3) is 0 Å². The fourth-order valence-corrected chi connectivity index (χ4v) is 5.86. The Bertz CT molecular complexity index is 1940. The normalized spacial score (nSPS) is 17.6. The third kappa shape index (κ3) is 4.98. The Kier molecular flexibility index (Phi) is 6.84. The number of fused-ring (bicyclic) bond motifs is 1. The monoisotopic (exact) mass is 540 g/mol. The maximum Gasteiger partial charge on any atom is 0.163 e. The fraction of sp³-hybridized carbons (Fsp3) is 0.105. The number of hydrogen-bond donors (Lipinski definition) is 0. The van der Waals surface area contributed by atoms with Gasteiger partial charge in [0, 0.05) is 28.5 Å². The summed E-state index contributed by atoms with van der Waals surface area (Å²) in [6.45, 7) is 0. The highest BCUT2D eigenvalue weighted by Gasteiger charge is 2.21.